The summed E-state index contributed by atoms with van der Waals surface area (Å²) in [6.45, 7) is 1.89. The van der Waals surface area contributed by atoms with Gasteiger partial charge in [-0.3, -0.25) is 9.59 Å². The Bertz CT molecular complexity index is 832. The zero-order valence-corrected chi connectivity index (χ0v) is 13.5. The summed E-state index contributed by atoms with van der Waals surface area (Å²) in [5, 5.41) is 4.06. The molecule has 6 nitrogen and oxygen atoms in total. The number of hydrogen-bond acceptors (Lipinski definition) is 3. The monoisotopic (exact) mass is 354 g/mol. The van der Waals surface area contributed by atoms with Crippen molar-refractivity contribution in [1.82, 2.24) is 19.7 Å². The van der Waals surface area contributed by atoms with Gasteiger partial charge in [0.05, 0.1) is 17.7 Å². The van der Waals surface area contributed by atoms with Crippen LogP contribution in [-0.2, 0) is 0 Å². The minimum absolute atomic E-state index is 0.0649. The number of H-pyrrole nitrogens is 1. The first-order valence-electron chi connectivity index (χ1n) is 7.86. The molecule has 1 saturated heterocycles. The Morgan fingerprint density at radius 2 is 1.96 bits per heavy atom. The number of aryl methyl sites for hydroxylation is 1. The Hall–Kier alpha value is -2.58. The number of aromatic amines is 1. The van der Waals surface area contributed by atoms with Crippen LogP contribution in [0.2, 0.25) is 0 Å². The Labute approximate surface area is 141 Å². The summed E-state index contributed by atoms with van der Waals surface area (Å²) in [6.07, 6.45) is -1.58. The van der Waals surface area contributed by atoms with Crippen molar-refractivity contribution in [2.45, 2.75) is 25.9 Å². The van der Waals surface area contributed by atoms with Gasteiger partial charge in [-0.25, -0.2) is 4.68 Å². The summed E-state index contributed by atoms with van der Waals surface area (Å²) in [7, 11) is 0. The fraction of sp³-hybridized carbons (Fsp3) is 0.438. The standard InChI is InChI=1S/C16H17F3N4O2/c1-10-6-13(21-14(24)7-10)23-9-11(8-20-23)15(25)22-4-2-12(3-5-22)16(17,18)19/h6-9,12H,2-5H2,1H3,(H,21,24). The average Bonchev–Trinajstić information content (AvgIpc) is 3.02. The minimum atomic E-state index is -4.21. The Morgan fingerprint density at radius 3 is 2.56 bits per heavy atom. The molecular formula is C16H17F3N4O2. The summed E-state index contributed by atoms with van der Waals surface area (Å²) in [5.41, 5.74) is 0.733. The summed E-state index contributed by atoms with van der Waals surface area (Å²) in [6, 6.07) is 3.14. The van der Waals surface area contributed by atoms with Crippen LogP contribution in [0.25, 0.3) is 5.82 Å². The maximum absolute atomic E-state index is 12.7. The molecule has 0 aliphatic carbocycles. The van der Waals surface area contributed by atoms with E-state index < -0.39 is 12.1 Å². The number of likely N-dealkylation sites (tertiary alicyclic amines) is 1. The van der Waals surface area contributed by atoms with E-state index in [4.69, 9.17) is 0 Å². The molecule has 3 heterocycles. The predicted octanol–water partition coefficient (Wildman–Crippen LogP) is 2.28. The third-order valence-electron chi connectivity index (χ3n) is 4.30. The Balaban J connectivity index is 1.72. The third-order valence-corrected chi connectivity index (χ3v) is 4.30. The number of carbonyl (C=O) groups is 1. The van der Waals surface area contributed by atoms with E-state index in [0.717, 1.165) is 5.56 Å². The highest BCUT2D eigenvalue weighted by Gasteiger charge is 2.41. The molecule has 25 heavy (non-hydrogen) atoms. The van der Waals surface area contributed by atoms with Crippen LogP contribution in [-0.4, -0.2) is 44.8 Å². The quantitative estimate of drug-likeness (QED) is 0.899. The van der Waals surface area contributed by atoms with Crippen molar-refractivity contribution in [2.24, 2.45) is 5.92 Å². The largest absolute Gasteiger partial charge is 0.391 e. The summed E-state index contributed by atoms with van der Waals surface area (Å²) in [5.74, 6) is -1.29. The topological polar surface area (TPSA) is 71.0 Å². The molecule has 1 aliphatic heterocycles. The second kappa shape index (κ2) is 6.38. The van der Waals surface area contributed by atoms with Gasteiger partial charge in [0.1, 0.15) is 5.82 Å². The summed E-state index contributed by atoms with van der Waals surface area (Å²) < 4.78 is 39.5. The highest BCUT2D eigenvalue weighted by molar-refractivity contribution is 5.93. The molecule has 134 valence electrons. The molecule has 0 unspecified atom stereocenters. The molecule has 0 saturated carbocycles. The number of pyridine rings is 1. The zero-order chi connectivity index (χ0) is 18.2. The van der Waals surface area contributed by atoms with E-state index in [-0.39, 0.29) is 43.0 Å². The zero-order valence-electron chi connectivity index (χ0n) is 13.5. The lowest BCUT2D eigenvalue weighted by Crippen LogP contribution is -2.42. The van der Waals surface area contributed by atoms with Crippen LogP contribution in [0.15, 0.2) is 29.3 Å². The molecule has 0 aromatic carbocycles. The van der Waals surface area contributed by atoms with Gasteiger partial charge in [0.2, 0.25) is 5.56 Å². The normalized spacial score (nSPS) is 16.2. The van der Waals surface area contributed by atoms with Gasteiger partial charge < -0.3 is 9.88 Å². The van der Waals surface area contributed by atoms with Crippen LogP contribution >= 0.6 is 0 Å². The third kappa shape index (κ3) is 3.75. The molecule has 0 spiro atoms. The van der Waals surface area contributed by atoms with E-state index in [1.54, 1.807) is 13.0 Å². The smallest absolute Gasteiger partial charge is 0.339 e. The van der Waals surface area contributed by atoms with Gasteiger partial charge in [-0.05, 0) is 31.4 Å². The van der Waals surface area contributed by atoms with Crippen molar-refractivity contribution in [3.05, 3.63) is 46.0 Å². The fourth-order valence-corrected chi connectivity index (χ4v) is 2.94. The van der Waals surface area contributed by atoms with Crippen molar-refractivity contribution in [1.29, 1.82) is 0 Å². The molecule has 1 aliphatic rings. The first kappa shape index (κ1) is 17.2. The van der Waals surface area contributed by atoms with E-state index in [1.165, 1.54) is 28.0 Å². The molecule has 0 bridgehead atoms. The number of hydrogen-bond donors (Lipinski definition) is 1. The van der Waals surface area contributed by atoms with Gasteiger partial charge in [0.15, 0.2) is 0 Å². The number of alkyl halides is 3. The van der Waals surface area contributed by atoms with Crippen LogP contribution in [0.3, 0.4) is 0 Å². The first-order valence-corrected chi connectivity index (χ1v) is 7.86. The van der Waals surface area contributed by atoms with Crippen molar-refractivity contribution in [2.75, 3.05) is 13.1 Å². The molecule has 3 rings (SSSR count). The molecule has 1 N–H and O–H groups in total. The van der Waals surface area contributed by atoms with E-state index in [1.807, 2.05) is 0 Å². The van der Waals surface area contributed by atoms with Crippen LogP contribution in [0.4, 0.5) is 13.2 Å². The number of nitrogens with zero attached hydrogens (tertiary/aromatic N) is 3. The molecule has 9 heteroatoms. The second-order valence-electron chi connectivity index (χ2n) is 6.19. The van der Waals surface area contributed by atoms with E-state index in [0.29, 0.717) is 5.82 Å². The molecule has 0 atom stereocenters. The maximum atomic E-state index is 12.7. The molecule has 2 aromatic rings. The molecule has 2 aromatic heterocycles. The summed E-state index contributed by atoms with van der Waals surface area (Å²) >= 11 is 0. The Kier molecular flexibility index (Phi) is 4.40. The molecule has 0 radical (unpaired) electrons. The van der Waals surface area contributed by atoms with Crippen molar-refractivity contribution >= 4 is 5.91 Å². The van der Waals surface area contributed by atoms with Crippen molar-refractivity contribution in [3.8, 4) is 5.82 Å². The van der Waals surface area contributed by atoms with E-state index in [9.17, 15) is 22.8 Å². The molecule has 1 fully saturated rings. The molecular weight excluding hydrogens is 337 g/mol. The summed E-state index contributed by atoms with van der Waals surface area (Å²) in [4.78, 5) is 28.0. The van der Waals surface area contributed by atoms with Crippen LogP contribution in [0.5, 0.6) is 0 Å². The van der Waals surface area contributed by atoms with E-state index >= 15 is 0 Å². The van der Waals surface area contributed by atoms with Gasteiger partial charge in [-0.2, -0.15) is 18.3 Å². The van der Waals surface area contributed by atoms with Crippen molar-refractivity contribution in [3.63, 3.8) is 0 Å². The number of rotatable bonds is 2. The highest BCUT2D eigenvalue weighted by Crippen LogP contribution is 2.34. The number of carbonyl (C=O) groups excluding carboxylic acids is 1. The number of amides is 1. The first-order chi connectivity index (χ1) is 11.7. The number of halogens is 3. The van der Waals surface area contributed by atoms with Gasteiger partial charge >= 0.3 is 6.18 Å². The highest BCUT2D eigenvalue weighted by atomic mass is 19.4. The van der Waals surface area contributed by atoms with Gasteiger partial charge in [0, 0.05) is 25.4 Å². The van der Waals surface area contributed by atoms with Crippen LogP contribution < -0.4 is 5.56 Å². The molecule has 1 amide bonds. The van der Waals surface area contributed by atoms with E-state index in [2.05, 4.69) is 10.1 Å². The Morgan fingerprint density at radius 1 is 1.28 bits per heavy atom. The van der Waals surface area contributed by atoms with Crippen molar-refractivity contribution < 1.29 is 18.0 Å². The second-order valence-corrected chi connectivity index (χ2v) is 6.19. The van der Waals surface area contributed by atoms with Gasteiger partial charge in [0.25, 0.3) is 5.91 Å². The lowest BCUT2D eigenvalue weighted by Gasteiger charge is -2.32. The SMILES string of the molecule is Cc1cc(-n2cc(C(=O)N3CCC(C(F)(F)F)CC3)cn2)[nH]c(=O)c1. The minimum Gasteiger partial charge on any atom is -0.339 e. The fourth-order valence-electron chi connectivity index (χ4n) is 2.94. The van der Waals surface area contributed by atoms with Crippen LogP contribution in [0.1, 0.15) is 28.8 Å². The maximum Gasteiger partial charge on any atom is 0.391 e. The van der Waals surface area contributed by atoms with Crippen LogP contribution in [0, 0.1) is 12.8 Å². The predicted molar refractivity (Wildman–Crippen MR) is 83.6 cm³/mol. The number of aromatic nitrogens is 3. The number of nitrogens with one attached hydrogen (secondary N) is 1. The average molecular weight is 354 g/mol. The van der Waals surface area contributed by atoms with Gasteiger partial charge in [-0.15, -0.1) is 0 Å². The lowest BCUT2D eigenvalue weighted by molar-refractivity contribution is -0.183. The van der Waals surface area contributed by atoms with Gasteiger partial charge in [-0.1, -0.05) is 0 Å². The lowest BCUT2D eigenvalue weighted by atomic mass is 9.96. The number of piperidine rings is 1.